The number of alkyl halides is 1. The van der Waals surface area contributed by atoms with Crippen molar-refractivity contribution in [3.8, 4) is 6.07 Å². The summed E-state index contributed by atoms with van der Waals surface area (Å²) in [6.07, 6.45) is 1.45. The molecule has 5 rings (SSSR count). The van der Waals surface area contributed by atoms with E-state index in [0.29, 0.717) is 25.7 Å². The standard InChI is InChI=1S/C25H27ClF3N3O3/c26-14-1-2-15(27)18(19(14)28)20(23-5-7-25(29,11-23)8-6-23)32-21(34)13-9-16(17(33)10-13)31-22(35)24(12-30)3-4-24/h1-2,13,16-17,20,33H,3-11H2,(H,31,35)(H,32,34)/t13-,16+,17-,20-,23?,25?/m1/s1. The van der Waals surface area contributed by atoms with Gasteiger partial charge in [-0.15, -0.1) is 0 Å². The Bertz CT molecular complexity index is 1110. The lowest BCUT2D eigenvalue weighted by Crippen LogP contribution is -2.44. The number of carbonyl (C=O) groups is 2. The number of hydrogen-bond donors (Lipinski definition) is 3. The van der Waals surface area contributed by atoms with E-state index >= 15 is 8.78 Å². The number of aliphatic hydroxyl groups is 1. The number of hydrogen-bond acceptors (Lipinski definition) is 4. The van der Waals surface area contributed by atoms with Crippen molar-refractivity contribution in [3.05, 3.63) is 34.4 Å². The third-order valence-electron chi connectivity index (χ3n) is 8.69. The lowest BCUT2D eigenvalue weighted by Gasteiger charge is -2.37. The zero-order valence-electron chi connectivity index (χ0n) is 19.1. The summed E-state index contributed by atoms with van der Waals surface area (Å²) >= 11 is 5.94. The van der Waals surface area contributed by atoms with E-state index in [9.17, 15) is 24.3 Å². The van der Waals surface area contributed by atoms with Crippen molar-refractivity contribution in [2.75, 3.05) is 0 Å². The van der Waals surface area contributed by atoms with Gasteiger partial charge in [-0.05, 0) is 75.3 Å². The number of amides is 2. The summed E-state index contributed by atoms with van der Waals surface area (Å²) in [6.45, 7) is 0. The molecule has 6 nitrogen and oxygen atoms in total. The molecule has 0 aromatic heterocycles. The van der Waals surface area contributed by atoms with Crippen molar-refractivity contribution >= 4 is 23.4 Å². The molecule has 1 aromatic carbocycles. The first-order valence-corrected chi connectivity index (χ1v) is 12.4. The van der Waals surface area contributed by atoms with Gasteiger partial charge in [-0.1, -0.05) is 11.6 Å². The number of aliphatic hydroxyl groups excluding tert-OH is 1. The average Bonchev–Trinajstić information content (AvgIpc) is 3.30. The summed E-state index contributed by atoms with van der Waals surface area (Å²) in [5, 5.41) is 24.9. The zero-order valence-corrected chi connectivity index (χ0v) is 19.8. The number of nitrogens with one attached hydrogen (secondary N) is 2. The highest BCUT2D eigenvalue weighted by Gasteiger charge is 2.60. The lowest BCUT2D eigenvalue weighted by atomic mass is 9.74. The third kappa shape index (κ3) is 4.09. The minimum Gasteiger partial charge on any atom is -0.391 e. The van der Waals surface area contributed by atoms with Crippen molar-refractivity contribution in [2.45, 2.75) is 81.6 Å². The molecule has 1 aromatic rings. The molecule has 4 fully saturated rings. The van der Waals surface area contributed by atoms with Crippen molar-refractivity contribution in [1.82, 2.24) is 10.6 Å². The summed E-state index contributed by atoms with van der Waals surface area (Å²) in [7, 11) is 0. The summed E-state index contributed by atoms with van der Waals surface area (Å²) in [6, 6.07) is 2.31. The molecule has 4 aliphatic rings. The predicted molar refractivity (Wildman–Crippen MR) is 120 cm³/mol. The number of nitrogens with zero attached hydrogens (tertiary/aromatic N) is 1. The minimum atomic E-state index is -1.41. The number of nitriles is 1. The Morgan fingerprint density at radius 1 is 1.14 bits per heavy atom. The van der Waals surface area contributed by atoms with E-state index in [1.807, 2.05) is 6.07 Å². The fourth-order valence-corrected chi connectivity index (χ4v) is 6.54. The first kappa shape index (κ1) is 24.4. The molecular weight excluding hydrogens is 483 g/mol. The molecule has 4 atom stereocenters. The molecule has 2 amide bonds. The van der Waals surface area contributed by atoms with Crippen LogP contribution < -0.4 is 10.6 Å². The van der Waals surface area contributed by atoms with Gasteiger partial charge in [0, 0.05) is 11.5 Å². The van der Waals surface area contributed by atoms with Crippen LogP contribution in [-0.4, -0.2) is 34.7 Å². The Kier molecular flexibility index (Phi) is 5.84. The molecule has 35 heavy (non-hydrogen) atoms. The minimum absolute atomic E-state index is 0.0453. The highest BCUT2D eigenvalue weighted by Crippen LogP contribution is 2.63. The Labute approximate surface area is 206 Å². The van der Waals surface area contributed by atoms with Crippen LogP contribution in [0.4, 0.5) is 13.2 Å². The molecule has 4 aliphatic carbocycles. The van der Waals surface area contributed by atoms with Crippen LogP contribution in [0.3, 0.4) is 0 Å². The van der Waals surface area contributed by atoms with Gasteiger partial charge >= 0.3 is 0 Å². The first-order valence-electron chi connectivity index (χ1n) is 12.0. The van der Waals surface area contributed by atoms with E-state index < -0.39 is 64.1 Å². The number of rotatable bonds is 6. The van der Waals surface area contributed by atoms with E-state index in [4.69, 9.17) is 11.6 Å². The maximum Gasteiger partial charge on any atom is 0.240 e. The summed E-state index contributed by atoms with van der Waals surface area (Å²) < 4.78 is 45.1. The maximum atomic E-state index is 15.1. The van der Waals surface area contributed by atoms with Gasteiger partial charge in [0.2, 0.25) is 11.8 Å². The van der Waals surface area contributed by atoms with Crippen LogP contribution in [0.1, 0.15) is 69.4 Å². The fraction of sp³-hybridized carbons (Fsp3) is 0.640. The molecule has 0 unspecified atom stereocenters. The van der Waals surface area contributed by atoms with Gasteiger partial charge in [0.1, 0.15) is 22.7 Å². The van der Waals surface area contributed by atoms with Gasteiger partial charge < -0.3 is 15.7 Å². The van der Waals surface area contributed by atoms with Crippen LogP contribution in [0.5, 0.6) is 0 Å². The molecule has 0 saturated heterocycles. The quantitative estimate of drug-likeness (QED) is 0.504. The van der Waals surface area contributed by atoms with E-state index in [1.54, 1.807) is 0 Å². The van der Waals surface area contributed by atoms with Crippen molar-refractivity contribution in [2.24, 2.45) is 16.7 Å². The van der Waals surface area contributed by atoms with Crippen LogP contribution in [-0.2, 0) is 9.59 Å². The zero-order chi connectivity index (χ0) is 25.2. The molecule has 0 aliphatic heterocycles. The molecule has 0 radical (unpaired) electrons. The van der Waals surface area contributed by atoms with Crippen molar-refractivity contribution in [3.63, 3.8) is 0 Å². The smallest absolute Gasteiger partial charge is 0.240 e. The Morgan fingerprint density at radius 2 is 1.83 bits per heavy atom. The van der Waals surface area contributed by atoms with E-state index in [2.05, 4.69) is 10.6 Å². The highest BCUT2D eigenvalue weighted by molar-refractivity contribution is 6.30. The summed E-state index contributed by atoms with van der Waals surface area (Å²) in [5.74, 6) is -3.55. The third-order valence-corrected chi connectivity index (χ3v) is 8.98. The Morgan fingerprint density at radius 3 is 2.40 bits per heavy atom. The SMILES string of the molecule is N#CC1(C(=O)N[C@H]2C[C@@H](C(=O)N[C@H](c3c(F)ccc(Cl)c3F)C34CCC(F)(CC3)C4)C[C@H]2O)CC1. The molecule has 2 bridgehead atoms. The second-order valence-corrected chi connectivity index (χ2v) is 11.3. The van der Waals surface area contributed by atoms with Crippen molar-refractivity contribution in [1.29, 1.82) is 5.26 Å². The van der Waals surface area contributed by atoms with Gasteiger partial charge in [-0.3, -0.25) is 9.59 Å². The largest absolute Gasteiger partial charge is 0.391 e. The second-order valence-electron chi connectivity index (χ2n) is 10.9. The van der Waals surface area contributed by atoms with Crippen LogP contribution >= 0.6 is 11.6 Å². The molecule has 10 heteroatoms. The normalized spacial score (nSPS) is 35.4. The van der Waals surface area contributed by atoms with Gasteiger partial charge in [0.25, 0.3) is 0 Å². The van der Waals surface area contributed by atoms with Gasteiger partial charge in [0.15, 0.2) is 0 Å². The molecule has 188 valence electrons. The summed E-state index contributed by atoms with van der Waals surface area (Å²) in [5.41, 5.74) is -3.68. The molecule has 0 heterocycles. The maximum absolute atomic E-state index is 15.1. The highest BCUT2D eigenvalue weighted by atomic mass is 35.5. The van der Waals surface area contributed by atoms with Crippen LogP contribution in [0.25, 0.3) is 0 Å². The van der Waals surface area contributed by atoms with Gasteiger partial charge in [-0.2, -0.15) is 5.26 Å². The van der Waals surface area contributed by atoms with Gasteiger partial charge in [-0.25, -0.2) is 13.2 Å². The van der Waals surface area contributed by atoms with E-state index in [-0.39, 0.29) is 42.7 Å². The topological polar surface area (TPSA) is 102 Å². The van der Waals surface area contributed by atoms with Crippen LogP contribution in [0.15, 0.2) is 12.1 Å². The number of benzene rings is 1. The number of carbonyl (C=O) groups excluding carboxylic acids is 2. The van der Waals surface area contributed by atoms with Crippen LogP contribution in [0, 0.1) is 39.7 Å². The predicted octanol–water partition coefficient (Wildman–Crippen LogP) is 4.01. The molecule has 0 spiro atoms. The van der Waals surface area contributed by atoms with E-state index in [0.717, 1.165) is 12.1 Å². The Hall–Kier alpha value is -2.31. The van der Waals surface area contributed by atoms with Crippen molar-refractivity contribution < 1.29 is 27.9 Å². The molecular formula is C25H27ClF3N3O3. The number of halogens is 4. The van der Waals surface area contributed by atoms with Crippen LogP contribution in [0.2, 0.25) is 5.02 Å². The first-order chi connectivity index (χ1) is 16.5. The molecule has 3 N–H and O–H groups in total. The lowest BCUT2D eigenvalue weighted by molar-refractivity contribution is -0.127. The van der Waals surface area contributed by atoms with Gasteiger partial charge in [0.05, 0.1) is 29.3 Å². The number of fused-ring (bicyclic) bond motifs is 2. The fourth-order valence-electron chi connectivity index (χ4n) is 6.38. The summed E-state index contributed by atoms with van der Waals surface area (Å²) in [4.78, 5) is 25.7. The van der Waals surface area contributed by atoms with E-state index in [1.165, 1.54) is 0 Å². The average molecular weight is 510 g/mol. The second kappa shape index (κ2) is 8.38. The monoisotopic (exact) mass is 509 g/mol. The molecule has 4 saturated carbocycles. The Balaban J connectivity index is 1.37.